The molecule has 2 aromatic rings. The lowest BCUT2D eigenvalue weighted by Crippen LogP contribution is -2.55. The van der Waals surface area contributed by atoms with Gasteiger partial charge in [-0.15, -0.1) is 0 Å². The molecule has 3 N–H and O–H groups in total. The summed E-state index contributed by atoms with van der Waals surface area (Å²) in [6.45, 7) is 1.97. The first-order valence-electron chi connectivity index (χ1n) is 9.30. The number of halogens is 4. The third-order valence-corrected chi connectivity index (χ3v) is 5.17. The maximum atomic E-state index is 12.7. The fourth-order valence-electron chi connectivity index (χ4n) is 3.23. The van der Waals surface area contributed by atoms with Crippen molar-refractivity contribution in [3.8, 4) is 0 Å². The van der Waals surface area contributed by atoms with Crippen LogP contribution in [0.1, 0.15) is 18.9 Å². The Labute approximate surface area is 180 Å². The van der Waals surface area contributed by atoms with E-state index in [-0.39, 0.29) is 23.4 Å². The number of benzene rings is 1. The summed E-state index contributed by atoms with van der Waals surface area (Å²) in [6, 6.07) is 9.54. The summed E-state index contributed by atoms with van der Waals surface area (Å²) in [5.74, 6) is 0.112. The number of aromatic nitrogens is 1. The number of pyridine rings is 1. The summed E-state index contributed by atoms with van der Waals surface area (Å²) >= 11 is 5.91. The van der Waals surface area contributed by atoms with E-state index >= 15 is 0 Å². The molecule has 1 aromatic heterocycles. The molecule has 0 unspecified atom stereocenters. The molecule has 12 heteroatoms. The number of urea groups is 1. The molecule has 8 nitrogen and oxygen atoms in total. The maximum absolute atomic E-state index is 12.7. The van der Waals surface area contributed by atoms with Crippen molar-refractivity contribution in [3.63, 3.8) is 0 Å². The largest absolute Gasteiger partial charge is 0.417 e. The standard InChI is InChI=1S/C19H18ClF3N6O2/c1-18(26-17(30)29(28-18)12-5-3-2-4-6-12)15-8-13(31-27-15)10-25-16-14(20)7-11(9-24-16)19(21,22)23/h2-7,9,13,28H,8,10H2,1H3,(H,24,25)(H,26,30)/t13-,18-/m1/s1. The number of hydrazine groups is 1. The zero-order valence-electron chi connectivity index (χ0n) is 16.2. The van der Waals surface area contributed by atoms with Gasteiger partial charge in [-0.25, -0.2) is 14.8 Å². The lowest BCUT2D eigenvalue weighted by molar-refractivity contribution is -0.137. The van der Waals surface area contributed by atoms with Gasteiger partial charge in [0.05, 0.1) is 22.8 Å². The molecule has 0 radical (unpaired) electrons. The quantitative estimate of drug-likeness (QED) is 0.640. The number of oxime groups is 1. The van der Waals surface area contributed by atoms with E-state index in [4.69, 9.17) is 16.4 Å². The summed E-state index contributed by atoms with van der Waals surface area (Å²) in [6.07, 6.45) is -3.86. The van der Waals surface area contributed by atoms with Crippen molar-refractivity contribution in [3.05, 3.63) is 53.2 Å². The van der Waals surface area contributed by atoms with Crippen LogP contribution in [0.25, 0.3) is 0 Å². The number of carbonyl (C=O) groups excluding carboxylic acids is 1. The average molecular weight is 455 g/mol. The molecule has 2 aliphatic rings. The van der Waals surface area contributed by atoms with Crippen molar-refractivity contribution in [1.82, 2.24) is 15.7 Å². The van der Waals surface area contributed by atoms with E-state index in [0.29, 0.717) is 24.0 Å². The minimum Gasteiger partial charge on any atom is -0.390 e. The van der Waals surface area contributed by atoms with Crippen LogP contribution in [0.4, 0.5) is 29.5 Å². The summed E-state index contributed by atoms with van der Waals surface area (Å²) in [4.78, 5) is 21.6. The summed E-state index contributed by atoms with van der Waals surface area (Å²) in [5, 5.41) is 11.0. The molecular formula is C19H18ClF3N6O2. The summed E-state index contributed by atoms with van der Waals surface area (Å²) < 4.78 is 38.2. The number of para-hydroxylation sites is 1. The van der Waals surface area contributed by atoms with Crippen molar-refractivity contribution in [2.24, 2.45) is 5.16 Å². The van der Waals surface area contributed by atoms with E-state index in [1.54, 1.807) is 19.1 Å². The Hall–Kier alpha value is -3.05. The van der Waals surface area contributed by atoms with Crippen LogP contribution < -0.4 is 21.1 Å². The van der Waals surface area contributed by atoms with Gasteiger partial charge in [-0.05, 0) is 25.1 Å². The van der Waals surface area contributed by atoms with Crippen LogP contribution in [0, 0.1) is 0 Å². The number of hydrogen-bond acceptors (Lipinski definition) is 6. The van der Waals surface area contributed by atoms with Gasteiger partial charge in [0.1, 0.15) is 23.3 Å². The van der Waals surface area contributed by atoms with Crippen LogP contribution in [-0.2, 0) is 11.0 Å². The van der Waals surface area contributed by atoms with Crippen LogP contribution in [0.5, 0.6) is 0 Å². The molecular weight excluding hydrogens is 437 g/mol. The third-order valence-electron chi connectivity index (χ3n) is 4.89. The first-order chi connectivity index (χ1) is 14.7. The molecule has 1 aromatic carbocycles. The molecule has 0 saturated carbocycles. The molecule has 31 heavy (non-hydrogen) atoms. The van der Waals surface area contributed by atoms with Gasteiger partial charge in [0.25, 0.3) is 0 Å². The Balaban J connectivity index is 1.36. The number of nitrogens with zero attached hydrogens (tertiary/aromatic N) is 3. The molecule has 4 rings (SSSR count). The van der Waals surface area contributed by atoms with Gasteiger partial charge in [0, 0.05) is 12.6 Å². The molecule has 1 fully saturated rings. The van der Waals surface area contributed by atoms with E-state index in [1.165, 1.54) is 5.01 Å². The van der Waals surface area contributed by atoms with Crippen LogP contribution in [0.2, 0.25) is 5.02 Å². The molecule has 0 bridgehead atoms. The predicted octanol–water partition coefficient (Wildman–Crippen LogP) is 3.76. The van der Waals surface area contributed by atoms with Crippen molar-refractivity contribution in [2.75, 3.05) is 16.9 Å². The first kappa shape index (κ1) is 21.2. The monoisotopic (exact) mass is 454 g/mol. The highest BCUT2D eigenvalue weighted by atomic mass is 35.5. The highest BCUT2D eigenvalue weighted by Crippen LogP contribution is 2.32. The molecule has 2 aliphatic heterocycles. The molecule has 1 saturated heterocycles. The van der Waals surface area contributed by atoms with Gasteiger partial charge in [0.2, 0.25) is 0 Å². The van der Waals surface area contributed by atoms with Gasteiger partial charge in [-0.2, -0.15) is 18.6 Å². The number of alkyl halides is 3. The highest BCUT2D eigenvalue weighted by molar-refractivity contribution is 6.33. The number of rotatable bonds is 5. The fourth-order valence-corrected chi connectivity index (χ4v) is 3.47. The molecule has 2 amide bonds. The summed E-state index contributed by atoms with van der Waals surface area (Å²) in [7, 11) is 0. The van der Waals surface area contributed by atoms with Crippen molar-refractivity contribution in [2.45, 2.75) is 31.3 Å². The van der Waals surface area contributed by atoms with Crippen molar-refractivity contribution >= 4 is 34.8 Å². The zero-order chi connectivity index (χ0) is 22.2. The fraction of sp³-hybridized carbons (Fsp3) is 0.316. The number of amides is 2. The second-order valence-electron chi connectivity index (χ2n) is 7.24. The van der Waals surface area contributed by atoms with E-state index in [1.807, 2.05) is 18.2 Å². The van der Waals surface area contributed by atoms with Crippen LogP contribution in [-0.4, -0.2) is 35.0 Å². The Bertz CT molecular complexity index is 1020. The topological polar surface area (TPSA) is 90.9 Å². The van der Waals surface area contributed by atoms with E-state index in [2.05, 4.69) is 26.2 Å². The van der Waals surface area contributed by atoms with E-state index in [0.717, 1.165) is 6.07 Å². The molecule has 2 atom stereocenters. The Kier molecular flexibility index (Phi) is 5.40. The van der Waals surface area contributed by atoms with E-state index in [9.17, 15) is 18.0 Å². The minimum atomic E-state index is -4.52. The number of nitrogens with one attached hydrogen (secondary N) is 3. The smallest absolute Gasteiger partial charge is 0.390 e. The lowest BCUT2D eigenvalue weighted by atomic mass is 10.0. The molecule has 0 aliphatic carbocycles. The normalized spacial score (nSPS) is 23.4. The number of hydrogen-bond donors (Lipinski definition) is 3. The average Bonchev–Trinajstić information content (AvgIpc) is 3.32. The minimum absolute atomic E-state index is 0.112. The molecule has 3 heterocycles. The van der Waals surface area contributed by atoms with Crippen LogP contribution in [0.15, 0.2) is 47.8 Å². The van der Waals surface area contributed by atoms with Gasteiger partial charge < -0.3 is 15.5 Å². The second kappa shape index (κ2) is 7.89. The SMILES string of the molecule is C[C@@]1(C2=NO[C@@H](CNc3ncc(C(F)(F)F)cc3Cl)C2)NC(=O)N(c2ccccc2)N1. The number of carbonyl (C=O) groups is 1. The lowest BCUT2D eigenvalue weighted by Gasteiger charge is -2.24. The van der Waals surface area contributed by atoms with E-state index < -0.39 is 23.5 Å². The van der Waals surface area contributed by atoms with Gasteiger partial charge in [0.15, 0.2) is 0 Å². The first-order valence-corrected chi connectivity index (χ1v) is 9.68. The summed E-state index contributed by atoms with van der Waals surface area (Å²) in [5.41, 5.74) is 2.46. The second-order valence-corrected chi connectivity index (χ2v) is 7.65. The Morgan fingerprint density at radius 2 is 2.10 bits per heavy atom. The molecule has 164 valence electrons. The zero-order valence-corrected chi connectivity index (χ0v) is 17.0. The van der Waals surface area contributed by atoms with Gasteiger partial charge in [-0.3, -0.25) is 0 Å². The third kappa shape index (κ3) is 4.37. The Morgan fingerprint density at radius 1 is 1.35 bits per heavy atom. The number of anilines is 2. The molecule has 0 spiro atoms. The van der Waals surface area contributed by atoms with Crippen LogP contribution >= 0.6 is 11.6 Å². The van der Waals surface area contributed by atoms with Crippen LogP contribution in [0.3, 0.4) is 0 Å². The van der Waals surface area contributed by atoms with Crippen molar-refractivity contribution in [1.29, 1.82) is 0 Å². The van der Waals surface area contributed by atoms with Gasteiger partial charge in [-0.1, -0.05) is 35.0 Å². The Morgan fingerprint density at radius 3 is 2.77 bits per heavy atom. The maximum Gasteiger partial charge on any atom is 0.417 e. The predicted molar refractivity (Wildman–Crippen MR) is 109 cm³/mol. The van der Waals surface area contributed by atoms with Gasteiger partial charge >= 0.3 is 12.2 Å². The van der Waals surface area contributed by atoms with Crippen molar-refractivity contribution < 1.29 is 22.8 Å². The highest BCUT2D eigenvalue weighted by Gasteiger charge is 2.45.